The van der Waals surface area contributed by atoms with Gasteiger partial charge in [0.2, 0.25) is 0 Å². The van der Waals surface area contributed by atoms with Crippen LogP contribution in [-0.4, -0.2) is 11.1 Å². The normalized spacial score (nSPS) is 26.6. The van der Waals surface area contributed by atoms with Gasteiger partial charge in [0.05, 0.1) is 5.41 Å². The van der Waals surface area contributed by atoms with Crippen LogP contribution >= 0.6 is 0 Å². The molecular weight excluding hydrogens is 248 g/mol. The van der Waals surface area contributed by atoms with Crippen LogP contribution in [0.1, 0.15) is 97.3 Å². The Labute approximate surface area is 125 Å². The summed E-state index contributed by atoms with van der Waals surface area (Å²) in [7, 11) is 0. The maximum absolute atomic E-state index is 11.7. The maximum atomic E-state index is 11.7. The van der Waals surface area contributed by atoms with Gasteiger partial charge in [0, 0.05) is 0 Å². The van der Waals surface area contributed by atoms with Gasteiger partial charge >= 0.3 is 5.97 Å². The van der Waals surface area contributed by atoms with Gasteiger partial charge in [0.15, 0.2) is 0 Å². The molecule has 1 N–H and O–H groups in total. The van der Waals surface area contributed by atoms with E-state index < -0.39 is 5.97 Å². The van der Waals surface area contributed by atoms with Gasteiger partial charge in [-0.1, -0.05) is 65.2 Å². The van der Waals surface area contributed by atoms with E-state index in [9.17, 15) is 9.90 Å². The Hall–Kier alpha value is -0.530. The highest BCUT2D eigenvalue weighted by atomic mass is 16.4. The molecule has 0 bridgehead atoms. The van der Waals surface area contributed by atoms with Gasteiger partial charge in [-0.25, -0.2) is 0 Å². The van der Waals surface area contributed by atoms with E-state index in [1.807, 2.05) is 0 Å². The molecule has 0 spiro atoms. The van der Waals surface area contributed by atoms with E-state index in [4.69, 9.17) is 0 Å². The quantitative estimate of drug-likeness (QED) is 0.514. The predicted molar refractivity (Wildman–Crippen MR) is 84.9 cm³/mol. The number of unbranched alkanes of at least 4 members (excludes halogenated alkanes) is 5. The number of carbonyl (C=O) groups is 1. The lowest BCUT2D eigenvalue weighted by Gasteiger charge is -2.37. The molecule has 0 saturated heterocycles. The molecule has 0 aromatic rings. The third-order valence-corrected chi connectivity index (χ3v) is 5.24. The maximum Gasteiger partial charge on any atom is 0.309 e. The Morgan fingerprint density at radius 2 is 1.60 bits per heavy atom. The topological polar surface area (TPSA) is 37.3 Å². The van der Waals surface area contributed by atoms with Crippen molar-refractivity contribution >= 4 is 5.97 Å². The van der Waals surface area contributed by atoms with Crippen LogP contribution < -0.4 is 0 Å². The fraction of sp³-hybridized carbons (Fsp3) is 0.944. The first-order valence-corrected chi connectivity index (χ1v) is 8.88. The summed E-state index contributed by atoms with van der Waals surface area (Å²) in [5.74, 6) is 0.268. The fourth-order valence-corrected chi connectivity index (χ4v) is 3.65. The van der Waals surface area contributed by atoms with Crippen molar-refractivity contribution in [3.63, 3.8) is 0 Å². The summed E-state index contributed by atoms with van der Waals surface area (Å²) in [6.45, 7) is 4.46. The highest BCUT2D eigenvalue weighted by Gasteiger charge is 2.40. The summed E-state index contributed by atoms with van der Waals surface area (Å²) >= 11 is 0. The summed E-state index contributed by atoms with van der Waals surface area (Å²) < 4.78 is 0. The molecule has 1 aliphatic carbocycles. The summed E-state index contributed by atoms with van der Waals surface area (Å²) in [6.07, 6.45) is 15.0. The van der Waals surface area contributed by atoms with Crippen molar-refractivity contribution < 1.29 is 9.90 Å². The second-order valence-electron chi connectivity index (χ2n) is 6.84. The number of carboxylic acids is 1. The van der Waals surface area contributed by atoms with E-state index in [2.05, 4.69) is 13.8 Å². The molecule has 0 unspecified atom stereocenters. The summed E-state index contributed by atoms with van der Waals surface area (Å²) in [6, 6.07) is 0. The Morgan fingerprint density at radius 3 is 2.15 bits per heavy atom. The molecule has 0 amide bonds. The Bertz CT molecular complexity index is 259. The number of rotatable bonds is 10. The van der Waals surface area contributed by atoms with Crippen LogP contribution in [0.4, 0.5) is 0 Å². The molecule has 1 rings (SSSR count). The highest BCUT2D eigenvalue weighted by molar-refractivity contribution is 5.74. The third-order valence-electron chi connectivity index (χ3n) is 5.24. The van der Waals surface area contributed by atoms with Crippen LogP contribution in [0.15, 0.2) is 0 Å². The van der Waals surface area contributed by atoms with Crippen LogP contribution in [-0.2, 0) is 4.79 Å². The van der Waals surface area contributed by atoms with Crippen molar-refractivity contribution in [3.8, 4) is 0 Å². The first-order valence-electron chi connectivity index (χ1n) is 8.88. The van der Waals surface area contributed by atoms with Crippen LogP contribution in [0, 0.1) is 11.3 Å². The first-order chi connectivity index (χ1) is 9.64. The minimum atomic E-state index is -0.526. The van der Waals surface area contributed by atoms with E-state index in [-0.39, 0.29) is 5.41 Å². The zero-order chi connectivity index (χ0) is 14.8. The van der Waals surface area contributed by atoms with Crippen molar-refractivity contribution in [1.82, 2.24) is 0 Å². The molecule has 1 aliphatic rings. The SMILES string of the molecule is CCCCCCCC1(C(=O)O)CCC(CCCC)CC1. The Morgan fingerprint density at radius 1 is 1.00 bits per heavy atom. The van der Waals surface area contributed by atoms with E-state index >= 15 is 0 Å². The molecule has 0 heterocycles. The average molecular weight is 282 g/mol. The van der Waals surface area contributed by atoms with Crippen molar-refractivity contribution in [2.45, 2.75) is 97.3 Å². The van der Waals surface area contributed by atoms with E-state index in [0.717, 1.165) is 44.4 Å². The van der Waals surface area contributed by atoms with Crippen LogP contribution in [0.5, 0.6) is 0 Å². The van der Waals surface area contributed by atoms with Crippen molar-refractivity contribution in [3.05, 3.63) is 0 Å². The molecule has 0 radical (unpaired) electrons. The fourth-order valence-electron chi connectivity index (χ4n) is 3.65. The van der Waals surface area contributed by atoms with Gasteiger partial charge in [-0.05, 0) is 38.0 Å². The zero-order valence-corrected chi connectivity index (χ0v) is 13.6. The molecule has 0 aromatic heterocycles. The minimum Gasteiger partial charge on any atom is -0.481 e. The number of carboxylic acid groups (broad SMARTS) is 1. The van der Waals surface area contributed by atoms with E-state index in [0.29, 0.717) is 0 Å². The molecule has 0 aliphatic heterocycles. The number of hydrogen-bond acceptors (Lipinski definition) is 1. The second kappa shape index (κ2) is 9.41. The largest absolute Gasteiger partial charge is 0.481 e. The Kier molecular flexibility index (Phi) is 8.25. The monoisotopic (exact) mass is 282 g/mol. The lowest BCUT2D eigenvalue weighted by atomic mass is 9.67. The van der Waals surface area contributed by atoms with Gasteiger partial charge < -0.3 is 5.11 Å². The first kappa shape index (κ1) is 17.5. The molecule has 2 nitrogen and oxygen atoms in total. The summed E-state index contributed by atoms with van der Waals surface area (Å²) in [5, 5.41) is 9.65. The van der Waals surface area contributed by atoms with Crippen LogP contribution in [0.25, 0.3) is 0 Å². The van der Waals surface area contributed by atoms with Crippen LogP contribution in [0.2, 0.25) is 0 Å². The highest BCUT2D eigenvalue weighted by Crippen LogP contribution is 2.44. The third kappa shape index (κ3) is 5.46. The van der Waals surface area contributed by atoms with Gasteiger partial charge in [0.1, 0.15) is 0 Å². The van der Waals surface area contributed by atoms with Crippen molar-refractivity contribution in [2.24, 2.45) is 11.3 Å². The smallest absolute Gasteiger partial charge is 0.309 e. The van der Waals surface area contributed by atoms with Gasteiger partial charge in [0.25, 0.3) is 0 Å². The number of aliphatic carboxylic acids is 1. The lowest BCUT2D eigenvalue weighted by molar-refractivity contribution is -0.152. The minimum absolute atomic E-state index is 0.380. The van der Waals surface area contributed by atoms with Gasteiger partial charge in [-0.3, -0.25) is 4.79 Å². The summed E-state index contributed by atoms with van der Waals surface area (Å²) in [4.78, 5) is 11.7. The molecule has 118 valence electrons. The van der Waals surface area contributed by atoms with E-state index in [1.54, 1.807) is 0 Å². The van der Waals surface area contributed by atoms with Crippen molar-refractivity contribution in [2.75, 3.05) is 0 Å². The molecule has 0 atom stereocenters. The predicted octanol–water partition coefficient (Wildman–Crippen LogP) is 5.80. The second-order valence-corrected chi connectivity index (χ2v) is 6.84. The van der Waals surface area contributed by atoms with Gasteiger partial charge in [-0.2, -0.15) is 0 Å². The molecule has 0 aromatic carbocycles. The molecule has 1 fully saturated rings. The van der Waals surface area contributed by atoms with Gasteiger partial charge in [-0.15, -0.1) is 0 Å². The summed E-state index contributed by atoms with van der Waals surface area (Å²) in [5.41, 5.74) is -0.380. The Balaban J connectivity index is 2.35. The average Bonchev–Trinajstić information content (AvgIpc) is 2.46. The van der Waals surface area contributed by atoms with E-state index in [1.165, 1.54) is 44.9 Å². The molecule has 1 saturated carbocycles. The molecule has 20 heavy (non-hydrogen) atoms. The van der Waals surface area contributed by atoms with Crippen LogP contribution in [0.3, 0.4) is 0 Å². The standard InChI is InChI=1S/C18H34O2/c1-3-5-7-8-9-13-18(17(19)20)14-11-16(12-15-18)10-6-4-2/h16H,3-15H2,1-2H3,(H,19,20). The number of hydrogen-bond donors (Lipinski definition) is 1. The van der Waals surface area contributed by atoms with Crippen molar-refractivity contribution in [1.29, 1.82) is 0 Å². The molecular formula is C18H34O2. The zero-order valence-electron chi connectivity index (χ0n) is 13.6. The lowest BCUT2D eigenvalue weighted by Crippen LogP contribution is -2.35. The molecule has 2 heteroatoms.